The van der Waals surface area contributed by atoms with Crippen molar-refractivity contribution in [3.8, 4) is 0 Å². The van der Waals surface area contributed by atoms with Crippen molar-refractivity contribution in [3.63, 3.8) is 0 Å². The molecule has 0 aliphatic carbocycles. The molecule has 0 radical (unpaired) electrons. The molecule has 1 aromatic carbocycles. The lowest BCUT2D eigenvalue weighted by Crippen LogP contribution is -2.48. The first kappa shape index (κ1) is 19.6. The van der Waals surface area contributed by atoms with Crippen molar-refractivity contribution in [1.29, 1.82) is 0 Å². The molecule has 0 saturated carbocycles. The normalized spacial score (nSPS) is 19.5. The van der Waals surface area contributed by atoms with Crippen molar-refractivity contribution < 1.29 is 4.79 Å². The van der Waals surface area contributed by atoms with Crippen molar-refractivity contribution in [3.05, 3.63) is 75.9 Å². The summed E-state index contributed by atoms with van der Waals surface area (Å²) in [4.78, 5) is 36.4. The Hall–Kier alpha value is -3.39. The zero-order chi connectivity index (χ0) is 21.4. The molecule has 31 heavy (non-hydrogen) atoms. The zero-order valence-corrected chi connectivity index (χ0v) is 17.4. The summed E-state index contributed by atoms with van der Waals surface area (Å²) in [5.41, 5.74) is 1.67. The second-order valence-electron chi connectivity index (χ2n) is 7.93. The maximum Gasteiger partial charge on any atom is 0.323 e. The van der Waals surface area contributed by atoms with Crippen LogP contribution < -0.4 is 21.1 Å². The van der Waals surface area contributed by atoms with Crippen molar-refractivity contribution in [2.75, 3.05) is 28.6 Å². The zero-order valence-electron chi connectivity index (χ0n) is 16.7. The minimum atomic E-state index is -0.469. The van der Waals surface area contributed by atoms with E-state index in [9.17, 15) is 9.59 Å². The molecule has 1 saturated heterocycles. The van der Waals surface area contributed by atoms with Gasteiger partial charge < -0.3 is 20.1 Å². The highest BCUT2D eigenvalue weighted by Crippen LogP contribution is 2.36. The van der Waals surface area contributed by atoms with Crippen molar-refractivity contribution in [2.45, 2.75) is 18.9 Å². The molecule has 2 N–H and O–H groups in total. The van der Waals surface area contributed by atoms with E-state index in [1.807, 2.05) is 6.07 Å². The molecule has 9 heteroatoms. The fraction of sp³-hybridized carbons (Fsp3) is 0.273. The van der Waals surface area contributed by atoms with Crippen LogP contribution in [0.4, 0.5) is 22.1 Å². The summed E-state index contributed by atoms with van der Waals surface area (Å²) in [6.07, 6.45) is 4.53. The first-order valence-electron chi connectivity index (χ1n) is 10.2. The molecule has 4 heterocycles. The van der Waals surface area contributed by atoms with E-state index in [0.29, 0.717) is 23.2 Å². The van der Waals surface area contributed by atoms with Gasteiger partial charge in [0.2, 0.25) is 5.95 Å². The third kappa shape index (κ3) is 3.98. The van der Waals surface area contributed by atoms with Crippen molar-refractivity contribution in [2.24, 2.45) is 5.92 Å². The number of piperidine rings is 1. The van der Waals surface area contributed by atoms with Gasteiger partial charge in [0.25, 0.3) is 5.56 Å². The fourth-order valence-electron chi connectivity index (χ4n) is 4.48. The molecule has 2 aliphatic heterocycles. The van der Waals surface area contributed by atoms with Gasteiger partial charge in [-0.05, 0) is 54.8 Å². The number of carbonyl (C=O) groups is 1. The van der Waals surface area contributed by atoms with Crippen LogP contribution in [0.2, 0.25) is 5.02 Å². The molecule has 3 aromatic rings. The number of nitrogens with zero attached hydrogens (tertiary/aromatic N) is 4. The molecule has 0 unspecified atom stereocenters. The third-order valence-electron chi connectivity index (χ3n) is 5.79. The van der Waals surface area contributed by atoms with Gasteiger partial charge in [0.15, 0.2) is 0 Å². The van der Waals surface area contributed by atoms with Crippen LogP contribution in [0.3, 0.4) is 0 Å². The Morgan fingerprint density at radius 2 is 1.77 bits per heavy atom. The highest BCUT2D eigenvalue weighted by atomic mass is 35.5. The van der Waals surface area contributed by atoms with Gasteiger partial charge in [-0.3, -0.25) is 4.79 Å². The van der Waals surface area contributed by atoms with Gasteiger partial charge in [0.1, 0.15) is 5.69 Å². The number of benzene rings is 1. The number of anilines is 3. The van der Waals surface area contributed by atoms with E-state index in [1.165, 1.54) is 0 Å². The second-order valence-corrected chi connectivity index (χ2v) is 8.36. The van der Waals surface area contributed by atoms with Gasteiger partial charge in [0.05, 0.1) is 0 Å². The number of hydrogen-bond donors (Lipinski definition) is 2. The Morgan fingerprint density at radius 3 is 2.55 bits per heavy atom. The monoisotopic (exact) mass is 436 g/mol. The molecule has 2 amide bonds. The minimum Gasteiger partial charge on any atom is -0.340 e. The molecule has 0 spiro atoms. The number of fused-ring (bicyclic) bond motifs is 4. The van der Waals surface area contributed by atoms with E-state index in [4.69, 9.17) is 11.6 Å². The summed E-state index contributed by atoms with van der Waals surface area (Å²) in [6.45, 7) is 2.19. The molecule has 1 fully saturated rings. The number of halogens is 1. The van der Waals surface area contributed by atoms with E-state index >= 15 is 0 Å². The Bertz CT molecular complexity index is 1160. The molecule has 2 aliphatic rings. The van der Waals surface area contributed by atoms with Crippen LogP contribution in [0.5, 0.6) is 0 Å². The predicted octanol–water partition coefficient (Wildman–Crippen LogP) is 3.56. The number of rotatable bonds is 3. The van der Waals surface area contributed by atoms with Gasteiger partial charge in [-0.15, -0.1) is 0 Å². The van der Waals surface area contributed by atoms with Gasteiger partial charge in [-0.1, -0.05) is 11.6 Å². The molecular weight excluding hydrogens is 416 g/mol. The lowest BCUT2D eigenvalue weighted by atomic mass is 9.83. The molecule has 8 nitrogen and oxygen atoms in total. The van der Waals surface area contributed by atoms with E-state index in [-0.39, 0.29) is 17.2 Å². The quantitative estimate of drug-likeness (QED) is 0.655. The maximum absolute atomic E-state index is 13.1. The van der Waals surface area contributed by atoms with E-state index < -0.39 is 6.03 Å². The number of urea groups is 1. The largest absolute Gasteiger partial charge is 0.340 e. The van der Waals surface area contributed by atoms with Crippen LogP contribution in [0.15, 0.2) is 59.7 Å². The van der Waals surface area contributed by atoms with Crippen LogP contribution in [0.25, 0.3) is 0 Å². The molecule has 158 valence electrons. The summed E-state index contributed by atoms with van der Waals surface area (Å²) in [5, 5.41) is 5.97. The van der Waals surface area contributed by atoms with Crippen LogP contribution in [0.1, 0.15) is 18.0 Å². The molecule has 2 aromatic heterocycles. The Labute approximate surface area is 183 Å². The van der Waals surface area contributed by atoms with Crippen LogP contribution >= 0.6 is 11.6 Å². The Balaban J connectivity index is 1.34. The first-order chi connectivity index (χ1) is 15.1. The fourth-order valence-corrected chi connectivity index (χ4v) is 4.60. The second kappa shape index (κ2) is 8.03. The van der Waals surface area contributed by atoms with Crippen LogP contribution in [0, 0.1) is 5.92 Å². The maximum atomic E-state index is 13.1. The van der Waals surface area contributed by atoms with Gasteiger partial charge in [-0.25, -0.2) is 14.8 Å². The highest BCUT2D eigenvalue weighted by Gasteiger charge is 2.35. The lowest BCUT2D eigenvalue weighted by molar-refractivity contribution is 0.262. The van der Waals surface area contributed by atoms with E-state index in [1.54, 1.807) is 53.4 Å². The highest BCUT2D eigenvalue weighted by molar-refractivity contribution is 6.30. The number of aromatic nitrogens is 3. The van der Waals surface area contributed by atoms with Crippen molar-refractivity contribution in [1.82, 2.24) is 14.5 Å². The molecule has 2 atom stereocenters. The summed E-state index contributed by atoms with van der Waals surface area (Å²) in [6, 6.07) is 11.7. The van der Waals surface area contributed by atoms with Gasteiger partial charge >= 0.3 is 6.03 Å². The third-order valence-corrected chi connectivity index (χ3v) is 6.04. The van der Waals surface area contributed by atoms with Gasteiger partial charge in [0, 0.05) is 54.3 Å². The van der Waals surface area contributed by atoms with E-state index in [2.05, 4.69) is 25.5 Å². The number of nitrogens with one attached hydrogen (secondary N) is 2. The summed E-state index contributed by atoms with van der Waals surface area (Å²) in [7, 11) is 0. The van der Waals surface area contributed by atoms with Crippen LogP contribution in [-0.4, -0.2) is 33.7 Å². The Kier molecular flexibility index (Phi) is 5.07. The number of pyridine rings is 1. The first-order valence-corrected chi connectivity index (χ1v) is 10.5. The standard InChI is InChI=1S/C22H21ClN6O2/c23-16-2-4-17(5-3-16)26-22(31)27-18-6-7-19-15-10-14(12-29(19)20(18)30)11-28(13-15)21-24-8-1-9-25-21/h1-9,14-15H,10-13H2,(H2,26,27,31)/t14-,15+/m0/s1. The average Bonchev–Trinajstić information content (AvgIpc) is 2.78. The average molecular weight is 437 g/mol. The predicted molar refractivity (Wildman–Crippen MR) is 120 cm³/mol. The number of carbonyl (C=O) groups excluding carboxylic acids is 1. The summed E-state index contributed by atoms with van der Waals surface area (Å²) in [5.74, 6) is 1.28. The van der Waals surface area contributed by atoms with Crippen molar-refractivity contribution >= 4 is 35.0 Å². The topological polar surface area (TPSA) is 92.2 Å². The number of hydrogen-bond acceptors (Lipinski definition) is 5. The minimum absolute atomic E-state index is 0.178. The van der Waals surface area contributed by atoms with Crippen LogP contribution in [-0.2, 0) is 6.54 Å². The smallest absolute Gasteiger partial charge is 0.323 e. The summed E-state index contributed by atoms with van der Waals surface area (Å²) >= 11 is 5.87. The van der Waals surface area contributed by atoms with E-state index in [0.717, 1.165) is 31.2 Å². The molecular formula is C22H21ClN6O2. The lowest BCUT2D eigenvalue weighted by Gasteiger charge is -2.42. The Morgan fingerprint density at radius 1 is 1.00 bits per heavy atom. The van der Waals surface area contributed by atoms with Gasteiger partial charge in [-0.2, -0.15) is 0 Å². The number of amides is 2. The summed E-state index contributed by atoms with van der Waals surface area (Å²) < 4.78 is 1.81. The molecule has 2 bridgehead atoms. The molecule has 5 rings (SSSR count). The SMILES string of the molecule is O=C(Nc1ccc(Cl)cc1)Nc1ccc2n(c1=O)C[C@H]1C[C@@H]2CN(c2ncccn2)C1.